The lowest BCUT2D eigenvalue weighted by atomic mass is 10.2. The van der Waals surface area contributed by atoms with Crippen molar-refractivity contribution < 1.29 is 22.1 Å². The molecule has 0 N–H and O–H groups in total. The van der Waals surface area contributed by atoms with Gasteiger partial charge in [0.1, 0.15) is 5.60 Å². The Hall–Kier alpha value is -0.820. The van der Waals surface area contributed by atoms with Crippen LogP contribution in [0.2, 0.25) is 0 Å². The number of amides is 1. The van der Waals surface area contributed by atoms with E-state index < -0.39 is 28.0 Å². The fourth-order valence-corrected chi connectivity index (χ4v) is 2.31. The molecule has 0 bridgehead atoms. The summed E-state index contributed by atoms with van der Waals surface area (Å²) in [6, 6.07) is -0.523. The van der Waals surface area contributed by atoms with Gasteiger partial charge in [-0.1, -0.05) is 0 Å². The van der Waals surface area contributed by atoms with Gasteiger partial charge in [0.2, 0.25) is 0 Å². The Morgan fingerprint density at radius 1 is 1.47 bits per heavy atom. The maximum atomic E-state index is 11.5. The molecule has 0 aliphatic carbocycles. The molecular weight excluding hydrogens is 222 g/mol. The van der Waals surface area contributed by atoms with Crippen molar-refractivity contribution in [3.8, 4) is 0 Å². The standard InChI is InChI=1S/C8H15NO5S/c1-6-5-13-15(11,12)9(6)7(10)14-8(2,3)4/h6H,5H2,1-4H3. The van der Waals surface area contributed by atoms with Crippen LogP contribution in [0.4, 0.5) is 4.79 Å². The largest absolute Gasteiger partial charge is 0.443 e. The Labute approximate surface area is 89.4 Å². The highest BCUT2D eigenvalue weighted by molar-refractivity contribution is 7.85. The second kappa shape index (κ2) is 3.64. The fourth-order valence-electron chi connectivity index (χ4n) is 1.11. The minimum Gasteiger partial charge on any atom is -0.443 e. The first-order valence-electron chi connectivity index (χ1n) is 4.55. The summed E-state index contributed by atoms with van der Waals surface area (Å²) in [7, 11) is -3.95. The molecule has 1 unspecified atom stereocenters. The van der Waals surface area contributed by atoms with Crippen LogP contribution in [-0.2, 0) is 19.2 Å². The molecule has 1 heterocycles. The first kappa shape index (κ1) is 12.3. The zero-order valence-electron chi connectivity index (χ0n) is 9.18. The normalized spacial score (nSPS) is 25.3. The molecule has 0 aromatic carbocycles. The van der Waals surface area contributed by atoms with Gasteiger partial charge >= 0.3 is 16.4 Å². The van der Waals surface area contributed by atoms with Crippen LogP contribution >= 0.6 is 0 Å². The highest BCUT2D eigenvalue weighted by atomic mass is 32.2. The van der Waals surface area contributed by atoms with Gasteiger partial charge in [0.25, 0.3) is 0 Å². The SMILES string of the molecule is CC1COS(=O)(=O)N1C(=O)OC(C)(C)C. The van der Waals surface area contributed by atoms with E-state index in [1.54, 1.807) is 27.7 Å². The van der Waals surface area contributed by atoms with E-state index in [2.05, 4.69) is 4.18 Å². The Kier molecular flexibility index (Phi) is 2.97. The summed E-state index contributed by atoms with van der Waals surface area (Å²) in [4.78, 5) is 11.5. The van der Waals surface area contributed by atoms with Gasteiger partial charge in [0.05, 0.1) is 12.6 Å². The lowest BCUT2D eigenvalue weighted by Crippen LogP contribution is -2.41. The summed E-state index contributed by atoms with van der Waals surface area (Å²) in [6.07, 6.45) is -0.896. The highest BCUT2D eigenvalue weighted by Gasteiger charge is 2.42. The van der Waals surface area contributed by atoms with Crippen molar-refractivity contribution in [2.75, 3.05) is 6.61 Å². The molecule has 0 aromatic heterocycles. The van der Waals surface area contributed by atoms with Crippen LogP contribution in [0.3, 0.4) is 0 Å². The summed E-state index contributed by atoms with van der Waals surface area (Å²) in [5.74, 6) is 0. The third-order valence-corrected chi connectivity index (χ3v) is 3.10. The van der Waals surface area contributed by atoms with Gasteiger partial charge in [-0.25, -0.2) is 4.79 Å². The number of ether oxygens (including phenoxy) is 1. The predicted octanol–water partition coefficient (Wildman–Crippen LogP) is 0.887. The number of carbonyl (C=O) groups is 1. The minimum atomic E-state index is -3.95. The third kappa shape index (κ3) is 2.82. The maximum absolute atomic E-state index is 11.5. The van der Waals surface area contributed by atoms with Gasteiger partial charge < -0.3 is 4.74 Å². The van der Waals surface area contributed by atoms with Gasteiger partial charge in [-0.3, -0.25) is 4.18 Å². The molecule has 15 heavy (non-hydrogen) atoms. The molecule has 0 radical (unpaired) electrons. The van der Waals surface area contributed by atoms with E-state index in [-0.39, 0.29) is 6.61 Å². The lowest BCUT2D eigenvalue weighted by Gasteiger charge is -2.24. The van der Waals surface area contributed by atoms with Crippen LogP contribution in [0.15, 0.2) is 0 Å². The van der Waals surface area contributed by atoms with E-state index in [0.717, 1.165) is 0 Å². The zero-order chi connectivity index (χ0) is 11.9. The zero-order valence-corrected chi connectivity index (χ0v) is 10.00. The van der Waals surface area contributed by atoms with Crippen molar-refractivity contribution in [1.82, 2.24) is 4.31 Å². The summed E-state index contributed by atoms with van der Waals surface area (Å²) in [6.45, 7) is 6.55. The molecule has 88 valence electrons. The summed E-state index contributed by atoms with van der Waals surface area (Å²) in [5, 5.41) is 0. The summed E-state index contributed by atoms with van der Waals surface area (Å²) >= 11 is 0. The molecule has 1 amide bonds. The molecule has 1 fully saturated rings. The van der Waals surface area contributed by atoms with Gasteiger partial charge in [-0.2, -0.15) is 12.7 Å². The molecule has 1 aliphatic rings. The first-order valence-corrected chi connectivity index (χ1v) is 5.92. The summed E-state index contributed by atoms with van der Waals surface area (Å²) < 4.78 is 32.7. The average molecular weight is 237 g/mol. The second-order valence-electron chi connectivity index (χ2n) is 4.37. The van der Waals surface area contributed by atoms with E-state index in [9.17, 15) is 13.2 Å². The molecular formula is C8H15NO5S. The Bertz CT molecular complexity index is 356. The minimum absolute atomic E-state index is 0.0262. The Balaban J connectivity index is 2.84. The number of carbonyl (C=O) groups excluding carboxylic acids is 1. The van der Waals surface area contributed by atoms with Crippen LogP contribution in [0.1, 0.15) is 27.7 Å². The fraction of sp³-hybridized carbons (Fsp3) is 0.875. The van der Waals surface area contributed by atoms with Crippen LogP contribution in [-0.4, -0.2) is 37.1 Å². The number of hydrogen-bond donors (Lipinski definition) is 0. The van der Waals surface area contributed by atoms with Crippen molar-refractivity contribution in [2.45, 2.75) is 39.3 Å². The molecule has 0 spiro atoms. The third-order valence-electron chi connectivity index (χ3n) is 1.67. The molecule has 0 saturated carbocycles. The molecule has 1 aliphatic heterocycles. The molecule has 0 aromatic rings. The van der Waals surface area contributed by atoms with Crippen molar-refractivity contribution >= 4 is 16.4 Å². The van der Waals surface area contributed by atoms with Crippen molar-refractivity contribution in [2.24, 2.45) is 0 Å². The molecule has 7 heteroatoms. The van der Waals surface area contributed by atoms with E-state index in [1.807, 2.05) is 0 Å². The maximum Gasteiger partial charge on any atom is 0.426 e. The molecule has 1 atom stereocenters. The van der Waals surface area contributed by atoms with Crippen LogP contribution in [0.5, 0.6) is 0 Å². The average Bonchev–Trinajstić information content (AvgIpc) is 2.21. The Morgan fingerprint density at radius 3 is 2.33 bits per heavy atom. The van der Waals surface area contributed by atoms with Crippen molar-refractivity contribution in [3.05, 3.63) is 0 Å². The highest BCUT2D eigenvalue weighted by Crippen LogP contribution is 2.21. The van der Waals surface area contributed by atoms with E-state index >= 15 is 0 Å². The quantitative estimate of drug-likeness (QED) is 0.625. The number of rotatable bonds is 0. The molecule has 6 nitrogen and oxygen atoms in total. The number of hydrogen-bond acceptors (Lipinski definition) is 5. The van der Waals surface area contributed by atoms with Crippen LogP contribution < -0.4 is 0 Å². The Morgan fingerprint density at radius 2 is 2.00 bits per heavy atom. The lowest BCUT2D eigenvalue weighted by molar-refractivity contribution is 0.0366. The van der Waals surface area contributed by atoms with E-state index in [0.29, 0.717) is 4.31 Å². The second-order valence-corrected chi connectivity index (χ2v) is 5.85. The smallest absolute Gasteiger partial charge is 0.426 e. The van der Waals surface area contributed by atoms with Crippen LogP contribution in [0, 0.1) is 0 Å². The first-order chi connectivity index (χ1) is 6.63. The molecule has 1 saturated heterocycles. The van der Waals surface area contributed by atoms with Crippen molar-refractivity contribution in [1.29, 1.82) is 0 Å². The van der Waals surface area contributed by atoms with Gasteiger partial charge in [0, 0.05) is 0 Å². The summed E-state index contributed by atoms with van der Waals surface area (Å²) in [5.41, 5.74) is -0.727. The van der Waals surface area contributed by atoms with Crippen LogP contribution in [0.25, 0.3) is 0 Å². The van der Waals surface area contributed by atoms with Crippen molar-refractivity contribution in [3.63, 3.8) is 0 Å². The van der Waals surface area contributed by atoms with E-state index in [1.165, 1.54) is 0 Å². The monoisotopic (exact) mass is 237 g/mol. The van der Waals surface area contributed by atoms with Gasteiger partial charge in [0.15, 0.2) is 0 Å². The molecule has 1 rings (SSSR count). The number of nitrogens with zero attached hydrogens (tertiary/aromatic N) is 1. The van der Waals surface area contributed by atoms with E-state index in [4.69, 9.17) is 4.74 Å². The predicted molar refractivity (Wildman–Crippen MR) is 52.4 cm³/mol. The van der Waals surface area contributed by atoms with Gasteiger partial charge in [-0.15, -0.1) is 0 Å². The topological polar surface area (TPSA) is 72.9 Å². The van der Waals surface area contributed by atoms with Gasteiger partial charge in [-0.05, 0) is 27.7 Å².